The lowest BCUT2D eigenvalue weighted by atomic mass is 10.1. The monoisotopic (exact) mass is 344 g/mol. The first-order valence-electron chi connectivity index (χ1n) is 7.65. The highest BCUT2D eigenvalue weighted by Crippen LogP contribution is 2.31. The molecule has 0 bridgehead atoms. The fourth-order valence-electron chi connectivity index (χ4n) is 2.93. The molecule has 1 atom stereocenters. The molecule has 1 N–H and O–H groups in total. The Bertz CT molecular complexity index is 805. The molecule has 1 fully saturated rings. The van der Waals surface area contributed by atoms with Crippen molar-refractivity contribution in [3.05, 3.63) is 24.3 Å². The Labute approximate surface area is 143 Å². The fraction of sp³-hybridized carbons (Fsp3) is 0.312. The van der Waals surface area contributed by atoms with Gasteiger partial charge in [0.2, 0.25) is 11.8 Å². The summed E-state index contributed by atoms with van der Waals surface area (Å²) in [5, 5.41) is 2.72. The number of para-hydroxylation sites is 2. The number of amides is 6. The summed E-state index contributed by atoms with van der Waals surface area (Å²) in [4.78, 5) is 62.8. The van der Waals surface area contributed by atoms with Crippen LogP contribution in [-0.2, 0) is 19.2 Å². The number of fused-ring (bicyclic) bond motifs is 1. The first kappa shape index (κ1) is 16.6. The summed E-state index contributed by atoms with van der Waals surface area (Å²) in [5.41, 5.74) is 0.946. The van der Waals surface area contributed by atoms with Crippen LogP contribution < -0.4 is 10.2 Å². The smallest absolute Gasteiger partial charge is 0.324 e. The first-order valence-corrected chi connectivity index (χ1v) is 7.65. The van der Waals surface area contributed by atoms with Gasteiger partial charge in [-0.15, -0.1) is 0 Å². The van der Waals surface area contributed by atoms with Crippen LogP contribution in [0.15, 0.2) is 24.3 Å². The maximum atomic E-state index is 12.8. The molecule has 0 radical (unpaired) electrons. The number of benzene rings is 1. The van der Waals surface area contributed by atoms with Gasteiger partial charge >= 0.3 is 17.8 Å². The highest BCUT2D eigenvalue weighted by atomic mass is 16.2. The minimum Gasteiger partial charge on any atom is -0.324 e. The third-order valence-corrected chi connectivity index (χ3v) is 4.17. The summed E-state index contributed by atoms with van der Waals surface area (Å²) >= 11 is 0. The number of urea groups is 1. The van der Waals surface area contributed by atoms with Crippen LogP contribution in [-0.4, -0.2) is 59.1 Å². The predicted molar refractivity (Wildman–Crippen MR) is 86.5 cm³/mol. The molecule has 1 aromatic rings. The topological polar surface area (TPSA) is 107 Å². The molecule has 25 heavy (non-hydrogen) atoms. The molecule has 6 amide bonds. The number of rotatable bonds is 2. The van der Waals surface area contributed by atoms with Crippen molar-refractivity contribution in [1.82, 2.24) is 9.80 Å². The summed E-state index contributed by atoms with van der Waals surface area (Å²) in [6.45, 7) is 1.13. The zero-order chi connectivity index (χ0) is 18.3. The normalized spacial score (nSPS) is 20.6. The number of carbonyl (C=O) groups is 5. The molecule has 0 aromatic heterocycles. The van der Waals surface area contributed by atoms with Gasteiger partial charge < -0.3 is 10.2 Å². The van der Waals surface area contributed by atoms with Crippen molar-refractivity contribution >= 4 is 41.0 Å². The molecule has 3 rings (SSSR count). The highest BCUT2D eigenvalue weighted by molar-refractivity contribution is 6.45. The van der Waals surface area contributed by atoms with Crippen LogP contribution in [0.25, 0.3) is 0 Å². The number of carbonyl (C=O) groups excluding carboxylic acids is 5. The molecule has 2 aliphatic heterocycles. The van der Waals surface area contributed by atoms with Crippen LogP contribution in [0.1, 0.15) is 13.3 Å². The number of hydrogen-bond acceptors (Lipinski definition) is 5. The minimum absolute atomic E-state index is 0.0706. The zero-order valence-electron chi connectivity index (χ0n) is 13.7. The second kappa shape index (κ2) is 6.00. The summed E-state index contributed by atoms with van der Waals surface area (Å²) in [6.07, 6.45) is 0.0706. The van der Waals surface area contributed by atoms with Crippen molar-refractivity contribution < 1.29 is 24.0 Å². The van der Waals surface area contributed by atoms with Gasteiger partial charge in [0.25, 0.3) is 0 Å². The van der Waals surface area contributed by atoms with E-state index in [4.69, 9.17) is 0 Å². The molecule has 2 heterocycles. The Morgan fingerprint density at radius 3 is 2.48 bits per heavy atom. The van der Waals surface area contributed by atoms with Gasteiger partial charge in [-0.1, -0.05) is 12.1 Å². The molecular weight excluding hydrogens is 328 g/mol. The van der Waals surface area contributed by atoms with Crippen LogP contribution in [0.3, 0.4) is 0 Å². The molecule has 1 aromatic carbocycles. The summed E-state index contributed by atoms with van der Waals surface area (Å²) in [7, 11) is 1.18. The van der Waals surface area contributed by atoms with Crippen LogP contribution in [0.2, 0.25) is 0 Å². The molecule has 130 valence electrons. The molecular formula is C16H16N4O5. The van der Waals surface area contributed by atoms with E-state index in [2.05, 4.69) is 5.32 Å². The van der Waals surface area contributed by atoms with Gasteiger partial charge in [-0.25, -0.2) is 9.69 Å². The lowest BCUT2D eigenvalue weighted by Gasteiger charge is -2.29. The fourth-order valence-corrected chi connectivity index (χ4v) is 2.93. The third kappa shape index (κ3) is 2.73. The summed E-state index contributed by atoms with van der Waals surface area (Å²) < 4.78 is 0. The Morgan fingerprint density at radius 1 is 1.16 bits per heavy atom. The lowest BCUT2D eigenvalue weighted by Crippen LogP contribution is -2.47. The standard InChI is InChI=1S/C16H16N4O5/c1-9-7-12(21)17-10-5-3-4-6-11(10)20(9)13(22)8-19-15(24)14(23)18(2)16(19)25/h3-6,9H,7-8H2,1-2H3,(H,17,21). The maximum absolute atomic E-state index is 12.8. The number of likely N-dealkylation sites (N-methyl/N-ethyl adjacent to an activating group) is 1. The van der Waals surface area contributed by atoms with E-state index in [1.165, 1.54) is 11.9 Å². The molecule has 9 heteroatoms. The Balaban J connectivity index is 1.91. The number of hydrogen-bond donors (Lipinski definition) is 1. The van der Waals surface area contributed by atoms with Crippen molar-refractivity contribution in [2.75, 3.05) is 23.8 Å². The molecule has 0 saturated carbocycles. The zero-order valence-corrected chi connectivity index (χ0v) is 13.7. The Morgan fingerprint density at radius 2 is 1.84 bits per heavy atom. The molecule has 2 aliphatic rings. The first-order chi connectivity index (χ1) is 11.8. The average Bonchev–Trinajstić information content (AvgIpc) is 2.70. The van der Waals surface area contributed by atoms with Crippen LogP contribution in [0.5, 0.6) is 0 Å². The van der Waals surface area contributed by atoms with Gasteiger partial charge in [0.05, 0.1) is 11.4 Å². The van der Waals surface area contributed by atoms with E-state index in [1.54, 1.807) is 31.2 Å². The number of imide groups is 2. The van der Waals surface area contributed by atoms with E-state index in [0.717, 1.165) is 0 Å². The molecule has 1 saturated heterocycles. The molecule has 0 aliphatic carbocycles. The van der Waals surface area contributed by atoms with Crippen LogP contribution in [0, 0.1) is 0 Å². The number of nitrogens with one attached hydrogen (secondary N) is 1. The molecule has 9 nitrogen and oxygen atoms in total. The minimum atomic E-state index is -1.04. The van der Waals surface area contributed by atoms with E-state index >= 15 is 0 Å². The van der Waals surface area contributed by atoms with E-state index in [9.17, 15) is 24.0 Å². The maximum Gasteiger partial charge on any atom is 0.334 e. The van der Waals surface area contributed by atoms with E-state index in [1.807, 2.05) is 0 Å². The van der Waals surface area contributed by atoms with Crippen LogP contribution >= 0.6 is 0 Å². The van der Waals surface area contributed by atoms with Gasteiger partial charge in [0.15, 0.2) is 0 Å². The van der Waals surface area contributed by atoms with Crippen LogP contribution in [0.4, 0.5) is 16.2 Å². The van der Waals surface area contributed by atoms with E-state index in [-0.39, 0.29) is 12.3 Å². The largest absolute Gasteiger partial charge is 0.334 e. The second-order valence-electron chi connectivity index (χ2n) is 5.92. The quantitative estimate of drug-likeness (QED) is 0.608. The summed E-state index contributed by atoms with van der Waals surface area (Å²) in [6, 6.07) is 5.45. The van der Waals surface area contributed by atoms with Gasteiger partial charge in [0.1, 0.15) is 6.54 Å². The van der Waals surface area contributed by atoms with Gasteiger partial charge in [-0.05, 0) is 19.1 Å². The van der Waals surface area contributed by atoms with E-state index < -0.39 is 36.3 Å². The van der Waals surface area contributed by atoms with Crippen molar-refractivity contribution in [2.45, 2.75) is 19.4 Å². The number of nitrogens with zero attached hydrogens (tertiary/aromatic N) is 3. The molecule has 0 spiro atoms. The third-order valence-electron chi connectivity index (χ3n) is 4.17. The van der Waals surface area contributed by atoms with Crippen molar-refractivity contribution in [3.63, 3.8) is 0 Å². The van der Waals surface area contributed by atoms with Crippen molar-refractivity contribution in [3.8, 4) is 0 Å². The van der Waals surface area contributed by atoms with Gasteiger partial charge in [0, 0.05) is 19.5 Å². The Hall–Kier alpha value is -3.23. The van der Waals surface area contributed by atoms with Gasteiger partial charge in [-0.3, -0.25) is 24.1 Å². The lowest BCUT2D eigenvalue weighted by molar-refractivity contribution is -0.143. The average molecular weight is 344 g/mol. The SMILES string of the molecule is CC1CC(=O)Nc2ccccc2N1C(=O)CN1C(=O)C(=O)N(C)C1=O. The predicted octanol–water partition coefficient (Wildman–Crippen LogP) is 0.171. The second-order valence-corrected chi connectivity index (χ2v) is 5.92. The Kier molecular flexibility index (Phi) is 3.99. The van der Waals surface area contributed by atoms with Gasteiger partial charge in [-0.2, -0.15) is 0 Å². The summed E-state index contributed by atoms with van der Waals surface area (Å²) in [5.74, 6) is -2.80. The highest BCUT2D eigenvalue weighted by Gasteiger charge is 2.44. The molecule has 1 unspecified atom stereocenters. The van der Waals surface area contributed by atoms with E-state index in [0.29, 0.717) is 21.2 Å². The van der Waals surface area contributed by atoms with Crippen molar-refractivity contribution in [1.29, 1.82) is 0 Å². The van der Waals surface area contributed by atoms with Crippen molar-refractivity contribution in [2.24, 2.45) is 0 Å². The number of anilines is 2.